The maximum absolute atomic E-state index is 5.16. The molecule has 1 aromatic rings. The highest BCUT2D eigenvalue weighted by Crippen LogP contribution is 2.00. The molecule has 2 N–H and O–H groups in total. The number of hydrogen-bond acceptors (Lipinski definition) is 2. The molecule has 0 radical (unpaired) electrons. The fourth-order valence-corrected chi connectivity index (χ4v) is 2.25. The summed E-state index contributed by atoms with van der Waals surface area (Å²) in [4.78, 5) is 0.812. The molecule has 1 rings (SSSR count). The second-order valence-corrected chi connectivity index (χ2v) is 6.09. The van der Waals surface area contributed by atoms with E-state index in [9.17, 15) is 0 Å². The largest absolute Gasteiger partial charge is 0.385 e. The molecule has 0 amide bonds. The first-order chi connectivity index (χ1) is 12.2. The van der Waals surface area contributed by atoms with Crippen molar-refractivity contribution >= 4 is 17.2 Å². The summed E-state index contributed by atoms with van der Waals surface area (Å²) in [5, 5.41) is 6.18. The monoisotopic (exact) mass is 358 g/mol. The van der Waals surface area contributed by atoms with Crippen molar-refractivity contribution in [2.45, 2.75) is 46.5 Å². The van der Waals surface area contributed by atoms with Gasteiger partial charge in [0.1, 0.15) is 0 Å². The van der Waals surface area contributed by atoms with Crippen molar-refractivity contribution in [2.24, 2.45) is 0 Å². The van der Waals surface area contributed by atoms with E-state index in [1.165, 1.54) is 24.0 Å². The lowest BCUT2D eigenvalue weighted by molar-refractivity contribution is 0.922. The van der Waals surface area contributed by atoms with E-state index in [0.29, 0.717) is 6.54 Å². The van der Waals surface area contributed by atoms with Gasteiger partial charge in [-0.3, -0.25) is 0 Å². The van der Waals surface area contributed by atoms with Crippen LogP contribution in [0.5, 0.6) is 0 Å². The first-order valence-corrected chi connectivity index (χ1v) is 9.59. The Morgan fingerprint density at radius 2 is 1.80 bits per heavy atom. The van der Waals surface area contributed by atoms with Gasteiger partial charge >= 0.3 is 0 Å². The summed E-state index contributed by atoms with van der Waals surface area (Å²) in [7, 11) is 0. The van der Waals surface area contributed by atoms with Gasteiger partial charge in [0.05, 0.1) is 11.5 Å². The van der Waals surface area contributed by atoms with Crippen LogP contribution in [0.15, 0.2) is 66.9 Å². The van der Waals surface area contributed by atoms with Gasteiger partial charge in [0.25, 0.3) is 0 Å². The van der Waals surface area contributed by atoms with Crippen LogP contribution >= 0.6 is 12.2 Å². The molecule has 0 atom stereocenters. The third-order valence-corrected chi connectivity index (χ3v) is 3.60. The Balaban J connectivity index is 0.000000535. The lowest BCUT2D eigenvalue weighted by atomic mass is 10.1. The molecule has 138 valence electrons. The zero-order valence-corrected chi connectivity index (χ0v) is 16.9. The molecule has 25 heavy (non-hydrogen) atoms. The number of thiocarbonyl (C=S) groups is 1. The molecule has 0 heterocycles. The first kappa shape index (κ1) is 23.1. The summed E-state index contributed by atoms with van der Waals surface area (Å²) >= 11 is 5.16. The Morgan fingerprint density at radius 1 is 1.08 bits per heavy atom. The average molecular weight is 359 g/mol. The summed E-state index contributed by atoms with van der Waals surface area (Å²) in [6, 6.07) is 10.6. The molecule has 0 unspecified atom stereocenters. The number of aryl methyl sites for hydroxylation is 1. The number of allylic oxidation sites excluding steroid dienone is 2. The maximum atomic E-state index is 5.16. The molecule has 1 aromatic carbocycles. The Hall–Kier alpha value is -1.87. The van der Waals surface area contributed by atoms with E-state index in [1.807, 2.05) is 0 Å². The minimum atomic E-state index is 0.649. The first-order valence-electron chi connectivity index (χ1n) is 9.18. The van der Waals surface area contributed by atoms with Crippen LogP contribution in [-0.2, 0) is 6.42 Å². The third-order valence-electron chi connectivity index (χ3n) is 3.31. The highest BCUT2D eigenvalue weighted by atomic mass is 32.1. The van der Waals surface area contributed by atoms with Crippen molar-refractivity contribution in [1.29, 1.82) is 0 Å². The predicted octanol–water partition coefficient (Wildman–Crippen LogP) is 5.58. The highest BCUT2D eigenvalue weighted by Gasteiger charge is 1.95. The van der Waals surface area contributed by atoms with Crippen molar-refractivity contribution < 1.29 is 0 Å². The second kappa shape index (κ2) is 17.0. The Morgan fingerprint density at radius 3 is 2.36 bits per heavy atom. The van der Waals surface area contributed by atoms with Crippen LogP contribution in [0.2, 0.25) is 0 Å². The Bertz CT molecular complexity index is 518. The van der Waals surface area contributed by atoms with Gasteiger partial charge < -0.3 is 10.6 Å². The summed E-state index contributed by atoms with van der Waals surface area (Å²) in [6.07, 6.45) is 12.7. The van der Waals surface area contributed by atoms with E-state index in [4.69, 9.17) is 12.2 Å². The quantitative estimate of drug-likeness (QED) is 0.422. The van der Waals surface area contributed by atoms with E-state index < -0.39 is 0 Å². The van der Waals surface area contributed by atoms with Crippen molar-refractivity contribution in [1.82, 2.24) is 10.6 Å². The number of benzene rings is 1. The molecule has 2 nitrogen and oxygen atoms in total. The van der Waals surface area contributed by atoms with Gasteiger partial charge in [0.2, 0.25) is 0 Å². The highest BCUT2D eigenvalue weighted by molar-refractivity contribution is 7.80. The standard InChI is InChI=1S/C13H22N2S.C9H12/c1-4-7-9-12(8-5-2)10-15-13(16)11-14-6-3;1-2-6-9-7-4-3-5-8-9/h6-9,14H,3-5,10-11H2,1-2H3,(H,15,16);3-5,7-8H,2,6H2,1H3/b9-7-,12-8+;. The third kappa shape index (κ3) is 14.2. The lowest BCUT2D eigenvalue weighted by Crippen LogP contribution is -2.31. The number of nitrogens with one attached hydrogen (secondary N) is 2. The van der Waals surface area contributed by atoms with Crippen molar-refractivity contribution in [2.75, 3.05) is 13.1 Å². The van der Waals surface area contributed by atoms with Gasteiger partial charge in [0, 0.05) is 6.54 Å². The normalized spacial score (nSPS) is 10.8. The average Bonchev–Trinajstić information content (AvgIpc) is 2.64. The molecule has 0 aliphatic rings. The van der Waals surface area contributed by atoms with Crippen molar-refractivity contribution in [3.05, 3.63) is 72.5 Å². The van der Waals surface area contributed by atoms with Crippen LogP contribution in [0.1, 0.15) is 45.6 Å². The van der Waals surface area contributed by atoms with Gasteiger partial charge in [-0.2, -0.15) is 0 Å². The van der Waals surface area contributed by atoms with E-state index in [1.54, 1.807) is 6.20 Å². The van der Waals surface area contributed by atoms with Crippen LogP contribution in [-0.4, -0.2) is 18.1 Å². The zero-order valence-electron chi connectivity index (χ0n) is 16.1. The lowest BCUT2D eigenvalue weighted by Gasteiger charge is -2.08. The van der Waals surface area contributed by atoms with Crippen LogP contribution in [0.25, 0.3) is 0 Å². The molecule has 3 heteroatoms. The summed E-state index contributed by atoms with van der Waals surface area (Å²) in [5.41, 5.74) is 2.73. The van der Waals surface area contributed by atoms with E-state index in [0.717, 1.165) is 24.4 Å². The van der Waals surface area contributed by atoms with Gasteiger partial charge in [0.15, 0.2) is 0 Å². The topological polar surface area (TPSA) is 24.1 Å². The second-order valence-electron chi connectivity index (χ2n) is 5.60. The van der Waals surface area contributed by atoms with Gasteiger partial charge in [-0.25, -0.2) is 0 Å². The minimum Gasteiger partial charge on any atom is -0.385 e. The fourth-order valence-electron chi connectivity index (χ4n) is 2.09. The van der Waals surface area contributed by atoms with Crippen molar-refractivity contribution in [3.8, 4) is 0 Å². The maximum Gasteiger partial charge on any atom is 0.0950 e. The van der Waals surface area contributed by atoms with Crippen LogP contribution in [0.3, 0.4) is 0 Å². The summed E-state index contributed by atoms with van der Waals surface area (Å²) < 4.78 is 0. The summed E-state index contributed by atoms with van der Waals surface area (Å²) in [5.74, 6) is 0. The molecule has 0 aliphatic carbocycles. The smallest absolute Gasteiger partial charge is 0.0950 e. The molecular formula is C22H34N2S. The molecule has 0 aliphatic heterocycles. The van der Waals surface area contributed by atoms with Gasteiger partial charge in [-0.1, -0.05) is 94.5 Å². The van der Waals surface area contributed by atoms with Gasteiger partial charge in [-0.05, 0) is 36.6 Å². The minimum absolute atomic E-state index is 0.649. The molecule has 0 bridgehead atoms. The van der Waals surface area contributed by atoms with Crippen LogP contribution in [0, 0.1) is 0 Å². The Labute approximate surface area is 160 Å². The predicted molar refractivity (Wildman–Crippen MR) is 117 cm³/mol. The number of hydrogen-bond donors (Lipinski definition) is 2. The van der Waals surface area contributed by atoms with E-state index in [2.05, 4.69) is 86.5 Å². The SMILES string of the molecule is C=CNCC(=S)NCC(/C=C\CC)=C/CC.CCCc1ccccc1. The van der Waals surface area contributed by atoms with Crippen LogP contribution < -0.4 is 10.6 Å². The molecule has 0 saturated carbocycles. The van der Waals surface area contributed by atoms with Crippen molar-refractivity contribution in [3.63, 3.8) is 0 Å². The molecule has 0 saturated heterocycles. The zero-order chi connectivity index (χ0) is 18.8. The number of rotatable bonds is 10. The van der Waals surface area contributed by atoms with Crippen LogP contribution in [0.4, 0.5) is 0 Å². The van der Waals surface area contributed by atoms with E-state index in [-0.39, 0.29) is 0 Å². The summed E-state index contributed by atoms with van der Waals surface area (Å²) in [6.45, 7) is 11.5. The molecular weight excluding hydrogens is 324 g/mol. The fraction of sp³-hybridized carbons (Fsp3) is 0.409. The Kier molecular flexibility index (Phi) is 15.7. The molecule has 0 aromatic heterocycles. The molecule has 0 spiro atoms. The van der Waals surface area contributed by atoms with E-state index >= 15 is 0 Å². The van der Waals surface area contributed by atoms with Gasteiger partial charge in [-0.15, -0.1) is 0 Å². The molecule has 0 fully saturated rings.